The molecule has 88 valence electrons. The zero-order valence-corrected chi connectivity index (χ0v) is 9.33. The first-order chi connectivity index (χ1) is 8.18. The smallest absolute Gasteiger partial charge is 0.372 e. The summed E-state index contributed by atoms with van der Waals surface area (Å²) in [6.45, 7) is 0.440. The first kappa shape index (κ1) is 11.2. The SMILES string of the molecule is CN(Cc1ccoc1C(=O)O)c1ccccn1. The Kier molecular flexibility index (Phi) is 3.09. The molecule has 1 N–H and O–H groups in total. The van der Waals surface area contributed by atoms with Gasteiger partial charge in [0.1, 0.15) is 5.82 Å². The second kappa shape index (κ2) is 4.69. The molecular weight excluding hydrogens is 220 g/mol. The second-order valence-electron chi connectivity index (χ2n) is 3.62. The molecule has 5 heteroatoms. The van der Waals surface area contributed by atoms with E-state index in [1.165, 1.54) is 6.26 Å². The molecule has 0 aliphatic rings. The van der Waals surface area contributed by atoms with E-state index in [2.05, 4.69) is 4.98 Å². The van der Waals surface area contributed by atoms with Gasteiger partial charge in [-0.3, -0.25) is 0 Å². The van der Waals surface area contributed by atoms with E-state index in [4.69, 9.17) is 9.52 Å². The number of carbonyl (C=O) groups is 1. The normalized spacial score (nSPS) is 10.2. The van der Waals surface area contributed by atoms with Crippen LogP contribution in [0.2, 0.25) is 0 Å². The fraction of sp³-hybridized carbons (Fsp3) is 0.167. The molecule has 0 unspecified atom stereocenters. The zero-order valence-electron chi connectivity index (χ0n) is 9.33. The molecule has 0 bridgehead atoms. The van der Waals surface area contributed by atoms with Crippen LogP contribution in [0.4, 0.5) is 5.82 Å². The van der Waals surface area contributed by atoms with Gasteiger partial charge in [-0.1, -0.05) is 6.07 Å². The lowest BCUT2D eigenvalue weighted by atomic mass is 10.2. The fourth-order valence-corrected chi connectivity index (χ4v) is 1.56. The van der Waals surface area contributed by atoms with Gasteiger partial charge in [-0.05, 0) is 18.2 Å². The summed E-state index contributed by atoms with van der Waals surface area (Å²) in [6.07, 6.45) is 3.07. The Balaban J connectivity index is 2.16. The van der Waals surface area contributed by atoms with Gasteiger partial charge >= 0.3 is 5.97 Å². The highest BCUT2D eigenvalue weighted by atomic mass is 16.4. The first-order valence-electron chi connectivity index (χ1n) is 5.10. The molecule has 0 fully saturated rings. The summed E-state index contributed by atoms with van der Waals surface area (Å²) in [6, 6.07) is 7.23. The summed E-state index contributed by atoms with van der Waals surface area (Å²) < 4.78 is 4.92. The lowest BCUT2D eigenvalue weighted by Gasteiger charge is -2.17. The molecule has 2 heterocycles. The van der Waals surface area contributed by atoms with Crippen LogP contribution in [-0.4, -0.2) is 23.1 Å². The summed E-state index contributed by atoms with van der Waals surface area (Å²) in [7, 11) is 1.85. The van der Waals surface area contributed by atoms with Crippen molar-refractivity contribution in [2.45, 2.75) is 6.54 Å². The largest absolute Gasteiger partial charge is 0.475 e. The molecule has 2 aromatic rings. The quantitative estimate of drug-likeness (QED) is 0.873. The molecule has 0 spiro atoms. The molecule has 2 rings (SSSR count). The highest BCUT2D eigenvalue weighted by molar-refractivity contribution is 5.86. The van der Waals surface area contributed by atoms with Gasteiger partial charge in [-0.15, -0.1) is 0 Å². The number of carboxylic acid groups (broad SMARTS) is 1. The second-order valence-corrected chi connectivity index (χ2v) is 3.62. The molecule has 0 radical (unpaired) electrons. The van der Waals surface area contributed by atoms with Gasteiger partial charge in [0.25, 0.3) is 0 Å². The van der Waals surface area contributed by atoms with Crippen LogP contribution in [0, 0.1) is 0 Å². The maximum Gasteiger partial charge on any atom is 0.372 e. The van der Waals surface area contributed by atoms with Crippen molar-refractivity contribution < 1.29 is 14.3 Å². The lowest BCUT2D eigenvalue weighted by molar-refractivity contribution is 0.0661. The number of carboxylic acids is 1. The van der Waals surface area contributed by atoms with Gasteiger partial charge in [0, 0.05) is 25.4 Å². The molecular formula is C12H12N2O3. The Morgan fingerprint density at radius 2 is 2.29 bits per heavy atom. The van der Waals surface area contributed by atoms with Crippen molar-refractivity contribution in [3.63, 3.8) is 0 Å². The standard InChI is InChI=1S/C12H12N2O3/c1-14(10-4-2-3-6-13-10)8-9-5-7-17-11(9)12(15)16/h2-7H,8H2,1H3,(H,15,16). The fourth-order valence-electron chi connectivity index (χ4n) is 1.56. The number of hydrogen-bond donors (Lipinski definition) is 1. The van der Waals surface area contributed by atoms with E-state index in [-0.39, 0.29) is 5.76 Å². The van der Waals surface area contributed by atoms with E-state index < -0.39 is 5.97 Å². The molecule has 17 heavy (non-hydrogen) atoms. The monoisotopic (exact) mass is 232 g/mol. The molecule has 2 aromatic heterocycles. The predicted molar refractivity (Wildman–Crippen MR) is 62.0 cm³/mol. The third-order valence-corrected chi connectivity index (χ3v) is 2.39. The van der Waals surface area contributed by atoms with Crippen molar-refractivity contribution >= 4 is 11.8 Å². The van der Waals surface area contributed by atoms with Crippen molar-refractivity contribution in [3.8, 4) is 0 Å². The van der Waals surface area contributed by atoms with Crippen LogP contribution in [0.3, 0.4) is 0 Å². The van der Waals surface area contributed by atoms with Crippen LogP contribution in [0.15, 0.2) is 41.1 Å². The third kappa shape index (κ3) is 2.44. The van der Waals surface area contributed by atoms with E-state index in [0.717, 1.165) is 5.82 Å². The predicted octanol–water partition coefficient (Wildman–Crippen LogP) is 2.01. The van der Waals surface area contributed by atoms with Crippen molar-refractivity contribution in [2.75, 3.05) is 11.9 Å². The molecule has 0 saturated carbocycles. The van der Waals surface area contributed by atoms with E-state index in [1.54, 1.807) is 12.3 Å². The van der Waals surface area contributed by atoms with Crippen molar-refractivity contribution in [1.29, 1.82) is 0 Å². The van der Waals surface area contributed by atoms with Gasteiger partial charge in [-0.2, -0.15) is 0 Å². The Morgan fingerprint density at radius 1 is 1.47 bits per heavy atom. The minimum Gasteiger partial charge on any atom is -0.475 e. The number of rotatable bonds is 4. The molecule has 5 nitrogen and oxygen atoms in total. The topological polar surface area (TPSA) is 66.6 Å². The van der Waals surface area contributed by atoms with Gasteiger partial charge in [0.2, 0.25) is 5.76 Å². The maximum atomic E-state index is 10.9. The van der Waals surface area contributed by atoms with Crippen molar-refractivity contribution in [3.05, 3.63) is 48.0 Å². The van der Waals surface area contributed by atoms with Crippen LogP contribution >= 0.6 is 0 Å². The number of aromatic nitrogens is 1. The molecule has 0 aliphatic heterocycles. The van der Waals surface area contributed by atoms with Gasteiger partial charge < -0.3 is 14.4 Å². The molecule has 0 atom stereocenters. The Morgan fingerprint density at radius 3 is 2.94 bits per heavy atom. The van der Waals surface area contributed by atoms with Crippen LogP contribution < -0.4 is 4.90 Å². The number of pyridine rings is 1. The van der Waals surface area contributed by atoms with Gasteiger partial charge in [0.05, 0.1) is 6.26 Å². The van der Waals surface area contributed by atoms with Crippen LogP contribution in [0.5, 0.6) is 0 Å². The van der Waals surface area contributed by atoms with E-state index >= 15 is 0 Å². The van der Waals surface area contributed by atoms with E-state index in [9.17, 15) is 4.79 Å². The summed E-state index contributed by atoms with van der Waals surface area (Å²) in [4.78, 5) is 16.9. The molecule has 0 saturated heterocycles. The lowest BCUT2D eigenvalue weighted by Crippen LogP contribution is -2.18. The summed E-state index contributed by atoms with van der Waals surface area (Å²) in [5.41, 5.74) is 0.630. The molecule has 0 amide bonds. The summed E-state index contributed by atoms with van der Waals surface area (Å²) in [5.74, 6) is -0.294. The van der Waals surface area contributed by atoms with Crippen LogP contribution in [0.25, 0.3) is 0 Å². The first-order valence-corrected chi connectivity index (χ1v) is 5.10. The highest BCUT2D eigenvalue weighted by Gasteiger charge is 2.15. The van der Waals surface area contributed by atoms with Gasteiger partial charge in [-0.25, -0.2) is 9.78 Å². The maximum absolute atomic E-state index is 10.9. The number of hydrogen-bond acceptors (Lipinski definition) is 4. The summed E-state index contributed by atoms with van der Waals surface area (Å²) in [5, 5.41) is 8.91. The zero-order chi connectivity index (χ0) is 12.3. The molecule has 0 aliphatic carbocycles. The van der Waals surface area contributed by atoms with Crippen LogP contribution in [-0.2, 0) is 6.54 Å². The Hall–Kier alpha value is -2.30. The Labute approximate surface area is 98.3 Å². The van der Waals surface area contributed by atoms with E-state index in [1.807, 2.05) is 30.1 Å². The number of furan rings is 1. The average molecular weight is 232 g/mol. The number of aromatic carboxylic acids is 1. The number of anilines is 1. The van der Waals surface area contributed by atoms with Crippen molar-refractivity contribution in [2.24, 2.45) is 0 Å². The number of nitrogens with zero attached hydrogens (tertiary/aromatic N) is 2. The third-order valence-electron chi connectivity index (χ3n) is 2.39. The van der Waals surface area contributed by atoms with Gasteiger partial charge in [0.15, 0.2) is 0 Å². The van der Waals surface area contributed by atoms with Crippen molar-refractivity contribution in [1.82, 2.24) is 4.98 Å². The minimum atomic E-state index is -1.06. The van der Waals surface area contributed by atoms with Crippen LogP contribution in [0.1, 0.15) is 16.1 Å². The molecule has 0 aromatic carbocycles. The summed E-state index contributed by atoms with van der Waals surface area (Å²) >= 11 is 0. The minimum absolute atomic E-state index is 0.0206. The van der Waals surface area contributed by atoms with E-state index in [0.29, 0.717) is 12.1 Å². The Bertz CT molecular complexity index is 507. The highest BCUT2D eigenvalue weighted by Crippen LogP contribution is 2.16. The average Bonchev–Trinajstić information content (AvgIpc) is 2.78.